The first-order valence-corrected chi connectivity index (χ1v) is 13.9. The molecule has 200 valence electrons. The van der Waals surface area contributed by atoms with E-state index in [1.54, 1.807) is 0 Å². The zero-order valence-corrected chi connectivity index (χ0v) is 21.9. The molecule has 2 fully saturated rings. The molecule has 4 N–H and O–H groups in total. The van der Waals surface area contributed by atoms with E-state index in [-0.39, 0.29) is 0 Å². The van der Waals surface area contributed by atoms with Gasteiger partial charge in [-0.1, -0.05) is 84.9 Å². The Morgan fingerprint density at radius 2 is 1.00 bits per heavy atom. The van der Waals surface area contributed by atoms with Gasteiger partial charge in [0.15, 0.2) is 0 Å². The highest BCUT2D eigenvalue weighted by Crippen LogP contribution is 2.45. The second-order valence-corrected chi connectivity index (χ2v) is 11.2. The van der Waals surface area contributed by atoms with Crippen molar-refractivity contribution in [3.05, 3.63) is 96.1 Å². The molecule has 0 unspecified atom stereocenters. The van der Waals surface area contributed by atoms with E-state index < -0.39 is 41.5 Å². The average molecular weight is 523 g/mol. The zero-order chi connectivity index (χ0) is 27.0. The van der Waals surface area contributed by atoms with E-state index in [1.165, 1.54) is 0 Å². The van der Waals surface area contributed by atoms with Gasteiger partial charge >= 0.3 is 0 Å². The first-order valence-electron chi connectivity index (χ1n) is 13.9. The zero-order valence-electron chi connectivity index (χ0n) is 21.9. The lowest BCUT2D eigenvalue weighted by Gasteiger charge is -2.44. The predicted molar refractivity (Wildman–Crippen MR) is 152 cm³/mol. The van der Waals surface area contributed by atoms with Gasteiger partial charge in [0, 0.05) is 0 Å². The van der Waals surface area contributed by atoms with Crippen LogP contribution in [0.3, 0.4) is 0 Å². The molecule has 0 aromatic heterocycles. The van der Waals surface area contributed by atoms with Crippen molar-refractivity contribution in [1.82, 2.24) is 10.6 Å². The van der Waals surface area contributed by atoms with E-state index in [4.69, 9.17) is 0 Å². The monoisotopic (exact) mass is 522 g/mol. The smallest absolute Gasteiger partial charge is 0.230 e. The molecule has 2 atom stereocenters. The quantitative estimate of drug-likeness (QED) is 0.238. The third-order valence-electron chi connectivity index (χ3n) is 8.71. The molecule has 2 amide bonds. The molecule has 39 heavy (non-hydrogen) atoms. The van der Waals surface area contributed by atoms with E-state index >= 15 is 0 Å². The normalized spacial score (nSPS) is 18.9. The molecule has 2 saturated carbocycles. The summed E-state index contributed by atoms with van der Waals surface area (Å²) < 4.78 is 0. The van der Waals surface area contributed by atoms with E-state index in [0.717, 1.165) is 45.5 Å². The van der Waals surface area contributed by atoms with Gasteiger partial charge in [0.05, 0.1) is 23.3 Å². The Morgan fingerprint density at radius 3 is 1.38 bits per heavy atom. The minimum Gasteiger partial charge on any atom is -0.387 e. The highest BCUT2D eigenvalue weighted by Gasteiger charge is 2.46. The van der Waals surface area contributed by atoms with Crippen molar-refractivity contribution in [2.45, 2.75) is 68.2 Å². The van der Waals surface area contributed by atoms with Gasteiger partial charge < -0.3 is 20.8 Å². The van der Waals surface area contributed by atoms with Crippen molar-refractivity contribution in [1.29, 1.82) is 0 Å². The number of hydrogen-bond donors (Lipinski definition) is 4. The summed E-state index contributed by atoms with van der Waals surface area (Å²) in [6.07, 6.45) is 3.73. The summed E-state index contributed by atoms with van der Waals surface area (Å²) in [7, 11) is 0. The van der Waals surface area contributed by atoms with Gasteiger partial charge in [-0.3, -0.25) is 9.59 Å². The minimum absolute atomic E-state index is 0.394. The number of nitrogens with one attached hydrogen (secondary N) is 2. The Labute approximate surface area is 228 Å². The maximum atomic E-state index is 13.3. The summed E-state index contributed by atoms with van der Waals surface area (Å²) in [5.41, 5.74) is -0.408. The molecule has 4 aromatic rings. The van der Waals surface area contributed by atoms with Crippen LogP contribution in [0.25, 0.3) is 21.5 Å². The molecular weight excluding hydrogens is 488 g/mol. The molecule has 0 spiro atoms. The molecule has 2 aliphatic carbocycles. The molecule has 0 radical (unpaired) electrons. The number of carbonyl (C=O) groups is 2. The summed E-state index contributed by atoms with van der Waals surface area (Å²) in [5.74, 6) is -0.911. The first kappa shape index (κ1) is 25.5. The fourth-order valence-electron chi connectivity index (χ4n) is 6.23. The van der Waals surface area contributed by atoms with E-state index in [0.29, 0.717) is 25.7 Å². The Balaban J connectivity index is 1.23. The van der Waals surface area contributed by atoms with Crippen LogP contribution in [0.15, 0.2) is 84.9 Å². The summed E-state index contributed by atoms with van der Waals surface area (Å²) in [6.45, 7) is 0. The molecule has 6 heteroatoms. The largest absolute Gasteiger partial charge is 0.387 e. The van der Waals surface area contributed by atoms with Gasteiger partial charge in [-0.15, -0.1) is 0 Å². The van der Waals surface area contributed by atoms with Gasteiger partial charge in [0.25, 0.3) is 0 Å². The molecule has 6 nitrogen and oxygen atoms in total. The molecule has 0 heterocycles. The molecular formula is C33H34N2O4. The minimum atomic E-state index is -1.05. The van der Waals surface area contributed by atoms with Gasteiger partial charge in [-0.2, -0.15) is 0 Å². The summed E-state index contributed by atoms with van der Waals surface area (Å²) in [4.78, 5) is 26.6. The lowest BCUT2D eigenvalue weighted by atomic mass is 9.71. The molecule has 6 rings (SSSR count). The Hall–Kier alpha value is -3.74. The number of fused-ring (bicyclic) bond motifs is 2. The highest BCUT2D eigenvalue weighted by atomic mass is 16.3. The van der Waals surface area contributed by atoms with Crippen molar-refractivity contribution in [2.24, 2.45) is 0 Å². The standard InChI is InChI=1S/C33H34N2O4/c36-28(34-30(32(38)17-7-18-32)26-15-5-11-22-9-1-3-13-24(22)26)21-29(37)35-31(33(39)19-8-20-33)27-16-6-12-23-10-2-4-14-25(23)27/h1-6,9-16,30-31,38-39H,7-8,17-21H2,(H,34,36)(H,35,37)/t30-,31-/m0/s1. The molecule has 2 aliphatic rings. The van der Waals surface area contributed by atoms with Crippen LogP contribution >= 0.6 is 0 Å². The van der Waals surface area contributed by atoms with Crippen LogP contribution in [-0.2, 0) is 9.59 Å². The molecule has 0 bridgehead atoms. The second kappa shape index (κ2) is 10.1. The van der Waals surface area contributed by atoms with Crippen LogP contribution in [0.4, 0.5) is 0 Å². The third-order valence-corrected chi connectivity index (χ3v) is 8.71. The fourth-order valence-corrected chi connectivity index (χ4v) is 6.23. The fraction of sp³-hybridized carbons (Fsp3) is 0.333. The van der Waals surface area contributed by atoms with E-state index in [9.17, 15) is 19.8 Å². The van der Waals surface area contributed by atoms with Crippen molar-refractivity contribution in [2.75, 3.05) is 0 Å². The lowest BCUT2D eigenvalue weighted by molar-refractivity contribution is -0.135. The van der Waals surface area contributed by atoms with Crippen LogP contribution in [0.1, 0.15) is 68.2 Å². The number of hydrogen-bond acceptors (Lipinski definition) is 4. The van der Waals surface area contributed by atoms with Crippen molar-refractivity contribution >= 4 is 33.4 Å². The number of carbonyl (C=O) groups excluding carboxylic acids is 2. The van der Waals surface area contributed by atoms with Crippen molar-refractivity contribution < 1.29 is 19.8 Å². The van der Waals surface area contributed by atoms with Gasteiger partial charge in [-0.05, 0) is 71.2 Å². The van der Waals surface area contributed by atoms with Crippen LogP contribution in [0, 0.1) is 0 Å². The maximum Gasteiger partial charge on any atom is 0.230 e. The van der Waals surface area contributed by atoms with Gasteiger partial charge in [0.1, 0.15) is 6.42 Å². The predicted octanol–water partition coefficient (Wildman–Crippen LogP) is 5.23. The molecule has 4 aromatic carbocycles. The third kappa shape index (κ3) is 4.79. The van der Waals surface area contributed by atoms with Crippen molar-refractivity contribution in [3.63, 3.8) is 0 Å². The summed E-state index contributed by atoms with van der Waals surface area (Å²) in [5, 5.41) is 32.7. The summed E-state index contributed by atoms with van der Waals surface area (Å²) >= 11 is 0. The SMILES string of the molecule is O=C(CC(=O)N[C@@H](c1cccc2ccccc12)C1(O)CCC1)N[C@@H](c1cccc2ccccc12)C1(O)CCC1. The summed E-state index contributed by atoms with van der Waals surface area (Å²) in [6, 6.07) is 26.3. The topological polar surface area (TPSA) is 98.7 Å². The van der Waals surface area contributed by atoms with E-state index in [2.05, 4.69) is 10.6 Å². The maximum absolute atomic E-state index is 13.3. The number of benzene rings is 4. The Morgan fingerprint density at radius 1 is 0.615 bits per heavy atom. The second-order valence-electron chi connectivity index (χ2n) is 11.2. The highest BCUT2D eigenvalue weighted by molar-refractivity contribution is 5.98. The average Bonchev–Trinajstić information content (AvgIpc) is 2.91. The molecule has 0 aliphatic heterocycles. The van der Waals surface area contributed by atoms with Crippen molar-refractivity contribution in [3.8, 4) is 0 Å². The van der Waals surface area contributed by atoms with Crippen LogP contribution in [0.5, 0.6) is 0 Å². The Kier molecular flexibility index (Phi) is 6.61. The number of amides is 2. The Bertz CT molecular complexity index is 1410. The first-order chi connectivity index (χ1) is 18.9. The number of rotatable bonds is 8. The van der Waals surface area contributed by atoms with E-state index in [1.807, 2.05) is 84.9 Å². The van der Waals surface area contributed by atoms with Crippen LogP contribution in [-0.4, -0.2) is 33.2 Å². The lowest BCUT2D eigenvalue weighted by Crippen LogP contribution is -2.52. The van der Waals surface area contributed by atoms with Crippen LogP contribution < -0.4 is 10.6 Å². The number of aliphatic hydroxyl groups is 2. The molecule has 0 saturated heterocycles. The van der Waals surface area contributed by atoms with Crippen LogP contribution in [0.2, 0.25) is 0 Å². The van der Waals surface area contributed by atoms with Gasteiger partial charge in [0.2, 0.25) is 11.8 Å². The van der Waals surface area contributed by atoms with Gasteiger partial charge in [-0.25, -0.2) is 0 Å².